The molecule has 228 valence electrons. The zero-order valence-electron chi connectivity index (χ0n) is 25.1. The van der Waals surface area contributed by atoms with Gasteiger partial charge in [-0.15, -0.1) is 0 Å². The lowest BCUT2D eigenvalue weighted by Crippen LogP contribution is -2.40. The highest BCUT2D eigenvalue weighted by atomic mass is 16.6. The third-order valence-electron chi connectivity index (χ3n) is 7.22. The van der Waals surface area contributed by atoms with Gasteiger partial charge in [-0.25, -0.2) is 9.59 Å². The minimum atomic E-state index is -1.03. The van der Waals surface area contributed by atoms with E-state index < -0.39 is 24.4 Å². The van der Waals surface area contributed by atoms with Gasteiger partial charge in [-0.05, 0) is 68.7 Å². The Morgan fingerprint density at radius 1 is 0.951 bits per heavy atom. The van der Waals surface area contributed by atoms with Crippen LogP contribution in [0.3, 0.4) is 0 Å². The summed E-state index contributed by atoms with van der Waals surface area (Å²) in [5, 5.41) is 2.93. The first-order chi connectivity index (χ1) is 19.4. The first-order valence-electron chi connectivity index (χ1n) is 13.7. The Balaban J connectivity index is 2.58. The van der Waals surface area contributed by atoms with Crippen LogP contribution in [0.5, 0.6) is 5.75 Å². The fraction of sp³-hybridized carbons (Fsp3) is 0.567. The van der Waals surface area contributed by atoms with Crippen molar-refractivity contribution in [3.05, 3.63) is 47.1 Å². The van der Waals surface area contributed by atoms with Crippen LogP contribution in [0.1, 0.15) is 52.5 Å². The molecule has 2 bridgehead atoms. The molecule has 0 aliphatic carbocycles. The second kappa shape index (κ2) is 16.0. The van der Waals surface area contributed by atoms with Gasteiger partial charge in [0.25, 0.3) is 5.91 Å². The predicted molar refractivity (Wildman–Crippen MR) is 156 cm³/mol. The lowest BCUT2D eigenvalue weighted by Gasteiger charge is -2.32. The third-order valence-corrected chi connectivity index (χ3v) is 7.22. The van der Waals surface area contributed by atoms with Crippen molar-refractivity contribution < 1.29 is 38.1 Å². The number of benzene rings is 1. The SMILES string of the molecule is COc1cc2cc(c1)NC(=O)/C(C)=C/CC[C@H](OC(N)=O)[C@@H](OC(N)=O)/C(C)=C/[C@H](C)[C@@H](OC)[C@@H](OC)C[C@H](C)C2. The molecule has 0 saturated carbocycles. The van der Waals surface area contributed by atoms with E-state index in [4.69, 9.17) is 35.2 Å². The molecule has 2 rings (SSSR count). The molecule has 0 radical (unpaired) electrons. The number of carbonyl (C=O) groups excluding carboxylic acids is 3. The number of rotatable bonds is 5. The minimum Gasteiger partial charge on any atom is -0.497 e. The molecule has 6 atom stereocenters. The second-order valence-electron chi connectivity index (χ2n) is 10.6. The van der Waals surface area contributed by atoms with Gasteiger partial charge >= 0.3 is 12.2 Å². The number of amides is 3. The summed E-state index contributed by atoms with van der Waals surface area (Å²) in [4.78, 5) is 36.6. The first-order valence-corrected chi connectivity index (χ1v) is 13.7. The number of hydrogen-bond donors (Lipinski definition) is 3. The van der Waals surface area contributed by atoms with Crippen LogP contribution in [0.4, 0.5) is 15.3 Å². The molecule has 0 saturated heterocycles. The Morgan fingerprint density at radius 2 is 1.63 bits per heavy atom. The largest absolute Gasteiger partial charge is 0.497 e. The number of ether oxygens (including phenoxy) is 5. The quantitative estimate of drug-likeness (QED) is 0.433. The molecule has 1 heterocycles. The fourth-order valence-electron chi connectivity index (χ4n) is 5.32. The van der Waals surface area contributed by atoms with Gasteiger partial charge in [-0.1, -0.05) is 26.0 Å². The highest BCUT2D eigenvalue weighted by molar-refractivity contribution is 6.03. The summed E-state index contributed by atoms with van der Waals surface area (Å²) in [5.41, 5.74) is 13.4. The maximum absolute atomic E-state index is 13.0. The highest BCUT2D eigenvalue weighted by Crippen LogP contribution is 2.29. The van der Waals surface area contributed by atoms with Crippen molar-refractivity contribution in [2.24, 2.45) is 23.3 Å². The van der Waals surface area contributed by atoms with Crippen LogP contribution in [0.25, 0.3) is 0 Å². The van der Waals surface area contributed by atoms with E-state index in [1.165, 1.54) is 0 Å². The summed E-state index contributed by atoms with van der Waals surface area (Å²) >= 11 is 0. The topological polar surface area (TPSA) is 161 Å². The van der Waals surface area contributed by atoms with Crippen molar-refractivity contribution in [3.8, 4) is 5.75 Å². The maximum atomic E-state index is 13.0. The summed E-state index contributed by atoms with van der Waals surface area (Å²) in [6.45, 7) is 7.54. The van der Waals surface area contributed by atoms with E-state index in [0.29, 0.717) is 35.4 Å². The number of anilines is 1. The van der Waals surface area contributed by atoms with Gasteiger partial charge in [0.2, 0.25) is 0 Å². The monoisotopic (exact) mass is 575 g/mol. The number of fused-ring (bicyclic) bond motifs is 2. The summed E-state index contributed by atoms with van der Waals surface area (Å²) < 4.78 is 28.0. The number of primary amides is 2. The van der Waals surface area contributed by atoms with Crippen LogP contribution in [0.15, 0.2) is 41.5 Å². The Bertz CT molecular complexity index is 1120. The highest BCUT2D eigenvalue weighted by Gasteiger charge is 2.32. The lowest BCUT2D eigenvalue weighted by molar-refractivity contribution is -0.112. The molecular weight excluding hydrogens is 530 g/mol. The molecule has 1 aliphatic heterocycles. The molecule has 11 nitrogen and oxygen atoms in total. The van der Waals surface area contributed by atoms with Crippen molar-refractivity contribution in [2.45, 2.75) is 77.8 Å². The molecule has 11 heteroatoms. The second-order valence-corrected chi connectivity index (χ2v) is 10.6. The van der Waals surface area contributed by atoms with Crippen LogP contribution >= 0.6 is 0 Å². The van der Waals surface area contributed by atoms with Gasteiger partial charge in [-0.2, -0.15) is 0 Å². The van der Waals surface area contributed by atoms with E-state index in [9.17, 15) is 14.4 Å². The van der Waals surface area contributed by atoms with Gasteiger partial charge in [-0.3, -0.25) is 4.79 Å². The fourth-order valence-corrected chi connectivity index (χ4v) is 5.32. The molecule has 0 unspecified atom stereocenters. The summed E-state index contributed by atoms with van der Waals surface area (Å²) in [6, 6.07) is 5.66. The van der Waals surface area contributed by atoms with Crippen LogP contribution in [-0.2, 0) is 30.2 Å². The van der Waals surface area contributed by atoms with Gasteiger partial charge in [0.1, 0.15) is 11.9 Å². The van der Waals surface area contributed by atoms with Crippen LogP contribution in [0.2, 0.25) is 0 Å². The van der Waals surface area contributed by atoms with Crippen LogP contribution in [-0.4, -0.2) is 63.8 Å². The average Bonchev–Trinajstić information content (AvgIpc) is 2.89. The van der Waals surface area contributed by atoms with E-state index in [2.05, 4.69) is 12.2 Å². The number of hydrogen-bond acceptors (Lipinski definition) is 8. The van der Waals surface area contributed by atoms with Crippen molar-refractivity contribution in [1.29, 1.82) is 0 Å². The van der Waals surface area contributed by atoms with Gasteiger partial charge in [0.05, 0.1) is 19.3 Å². The van der Waals surface area contributed by atoms with Gasteiger partial charge in [0.15, 0.2) is 6.10 Å². The zero-order valence-corrected chi connectivity index (χ0v) is 25.1. The number of nitrogens with one attached hydrogen (secondary N) is 1. The third kappa shape index (κ3) is 10.4. The average molecular weight is 576 g/mol. The molecule has 1 aromatic rings. The van der Waals surface area contributed by atoms with Crippen molar-refractivity contribution in [3.63, 3.8) is 0 Å². The van der Waals surface area contributed by atoms with Gasteiger partial charge in [0, 0.05) is 37.5 Å². The van der Waals surface area contributed by atoms with Crippen LogP contribution < -0.4 is 21.5 Å². The lowest BCUT2D eigenvalue weighted by atomic mass is 9.88. The van der Waals surface area contributed by atoms with E-state index in [1.54, 1.807) is 47.3 Å². The van der Waals surface area contributed by atoms with Crippen LogP contribution in [0, 0.1) is 11.8 Å². The van der Waals surface area contributed by atoms with E-state index in [-0.39, 0.29) is 36.4 Å². The standard InChI is InChI=1S/C30H45N3O8/c1-17-11-21-14-22(16-23(15-21)37-5)33-28(34)18(2)9-8-10-24(40-29(31)35)27(41-30(32)36)20(4)13-19(3)26(39-7)25(12-17)38-6/h9,13-17,19,24-27H,8,10-12H2,1-7H3,(H2,31,35)(H2,32,36)(H,33,34)/b18-9+,20-13+/t17-,19+,24+,25+,26-,27+/m1/s1. The molecule has 3 amide bonds. The Labute approximate surface area is 242 Å². The number of allylic oxidation sites excluding steroid dienone is 1. The number of nitrogens with two attached hydrogens (primary N) is 2. The molecule has 41 heavy (non-hydrogen) atoms. The molecule has 1 aliphatic rings. The number of methoxy groups -OCH3 is 3. The molecule has 0 fully saturated rings. The Morgan fingerprint density at radius 3 is 2.22 bits per heavy atom. The predicted octanol–water partition coefficient (Wildman–Crippen LogP) is 4.48. The first kappa shape index (κ1) is 33.6. The molecule has 5 N–H and O–H groups in total. The smallest absolute Gasteiger partial charge is 0.405 e. The summed E-state index contributed by atoms with van der Waals surface area (Å²) in [5.74, 6) is 0.352. The Kier molecular flexibility index (Phi) is 13.1. The van der Waals surface area contributed by atoms with Gasteiger partial charge < -0.3 is 40.5 Å². The maximum Gasteiger partial charge on any atom is 0.405 e. The number of carbonyl (C=O) groups is 3. The van der Waals surface area contributed by atoms with E-state index in [1.807, 2.05) is 25.1 Å². The van der Waals surface area contributed by atoms with E-state index in [0.717, 1.165) is 12.0 Å². The summed E-state index contributed by atoms with van der Waals surface area (Å²) in [6.07, 6.45) is 0.949. The minimum absolute atomic E-state index is 0.181. The Hall–Kier alpha value is -3.57. The molecule has 0 spiro atoms. The molecular formula is C30H45N3O8. The molecule has 0 aromatic heterocycles. The summed E-state index contributed by atoms with van der Waals surface area (Å²) in [7, 11) is 4.85. The van der Waals surface area contributed by atoms with Crippen molar-refractivity contribution in [2.75, 3.05) is 26.6 Å². The van der Waals surface area contributed by atoms with E-state index >= 15 is 0 Å². The molecule has 1 aromatic carbocycles. The zero-order chi connectivity index (χ0) is 30.7. The van der Waals surface area contributed by atoms with Crippen molar-refractivity contribution in [1.82, 2.24) is 0 Å². The normalized spacial score (nSPS) is 29.2. The van der Waals surface area contributed by atoms with Crippen molar-refractivity contribution >= 4 is 23.8 Å².